The van der Waals surface area contributed by atoms with Gasteiger partial charge >= 0.3 is 0 Å². The van der Waals surface area contributed by atoms with Crippen molar-refractivity contribution in [2.24, 2.45) is 0 Å². The molecule has 6 nitrogen and oxygen atoms in total. The van der Waals surface area contributed by atoms with Crippen molar-refractivity contribution in [3.8, 4) is 0 Å². The maximum absolute atomic E-state index is 12.1. The molecule has 0 saturated heterocycles. The highest BCUT2D eigenvalue weighted by atomic mass is 16.6. The SMILES string of the molecule is C=C(NC(=O)c1ccccc1)C(=O)c1ccc([N+](=O)[O-])cc1. The van der Waals surface area contributed by atoms with Gasteiger partial charge in [-0.25, -0.2) is 0 Å². The van der Waals surface area contributed by atoms with Crippen molar-refractivity contribution in [2.75, 3.05) is 0 Å². The van der Waals surface area contributed by atoms with Gasteiger partial charge in [0.2, 0.25) is 5.78 Å². The minimum atomic E-state index is -0.555. The number of rotatable bonds is 5. The van der Waals surface area contributed by atoms with Crippen LogP contribution in [0.5, 0.6) is 0 Å². The van der Waals surface area contributed by atoms with Gasteiger partial charge in [-0.2, -0.15) is 0 Å². The molecule has 110 valence electrons. The van der Waals surface area contributed by atoms with Crippen molar-refractivity contribution in [2.45, 2.75) is 0 Å². The van der Waals surface area contributed by atoms with Crippen LogP contribution >= 0.6 is 0 Å². The summed E-state index contributed by atoms with van der Waals surface area (Å²) < 4.78 is 0. The number of carbonyl (C=O) groups is 2. The number of carbonyl (C=O) groups excluding carboxylic acids is 2. The Labute approximate surface area is 126 Å². The molecule has 2 rings (SSSR count). The molecule has 1 N–H and O–H groups in total. The first kappa shape index (κ1) is 15.1. The average molecular weight is 296 g/mol. The van der Waals surface area contributed by atoms with Crippen LogP contribution in [0.15, 0.2) is 66.9 Å². The van der Waals surface area contributed by atoms with E-state index in [1.807, 2.05) is 0 Å². The molecule has 22 heavy (non-hydrogen) atoms. The lowest BCUT2D eigenvalue weighted by Crippen LogP contribution is -2.26. The maximum atomic E-state index is 12.1. The van der Waals surface area contributed by atoms with Gasteiger partial charge in [-0.3, -0.25) is 19.7 Å². The number of non-ortho nitro benzene ring substituents is 1. The first-order chi connectivity index (χ1) is 10.5. The average Bonchev–Trinajstić information content (AvgIpc) is 2.55. The molecule has 0 saturated carbocycles. The van der Waals surface area contributed by atoms with Crippen LogP contribution in [0.25, 0.3) is 0 Å². The van der Waals surface area contributed by atoms with Crippen molar-refractivity contribution < 1.29 is 14.5 Å². The normalized spacial score (nSPS) is 9.82. The van der Waals surface area contributed by atoms with E-state index in [-0.39, 0.29) is 16.9 Å². The Balaban J connectivity index is 2.07. The number of nitro groups is 1. The fourth-order valence-electron chi connectivity index (χ4n) is 1.76. The molecule has 0 aliphatic carbocycles. The zero-order chi connectivity index (χ0) is 16.1. The molecule has 0 fully saturated rings. The third-order valence-electron chi connectivity index (χ3n) is 2.91. The first-order valence-corrected chi connectivity index (χ1v) is 6.33. The highest BCUT2D eigenvalue weighted by molar-refractivity contribution is 6.11. The second kappa shape index (κ2) is 6.45. The van der Waals surface area contributed by atoms with Crippen molar-refractivity contribution in [1.82, 2.24) is 5.32 Å². The van der Waals surface area contributed by atoms with E-state index in [0.29, 0.717) is 5.56 Å². The minimum Gasteiger partial charge on any atom is -0.319 e. The number of benzene rings is 2. The Morgan fingerprint density at radius 1 is 0.955 bits per heavy atom. The summed E-state index contributed by atoms with van der Waals surface area (Å²) in [5.41, 5.74) is 0.405. The van der Waals surface area contributed by atoms with Gasteiger partial charge in [0.15, 0.2) is 0 Å². The number of amides is 1. The van der Waals surface area contributed by atoms with E-state index in [1.165, 1.54) is 24.3 Å². The van der Waals surface area contributed by atoms with Crippen molar-refractivity contribution in [3.05, 3.63) is 88.1 Å². The minimum absolute atomic E-state index is 0.0947. The predicted molar refractivity (Wildman–Crippen MR) is 80.5 cm³/mol. The summed E-state index contributed by atoms with van der Waals surface area (Å²) in [5.74, 6) is -0.944. The summed E-state index contributed by atoms with van der Waals surface area (Å²) >= 11 is 0. The Kier molecular flexibility index (Phi) is 4.43. The van der Waals surface area contributed by atoms with Gasteiger partial charge in [-0.1, -0.05) is 24.8 Å². The van der Waals surface area contributed by atoms with Crippen molar-refractivity contribution >= 4 is 17.4 Å². The van der Waals surface area contributed by atoms with Gasteiger partial charge in [0, 0.05) is 23.3 Å². The maximum Gasteiger partial charge on any atom is 0.269 e. The smallest absolute Gasteiger partial charge is 0.269 e. The Bertz CT molecular complexity index is 737. The molecule has 2 aromatic rings. The standard InChI is InChI=1S/C16H12N2O4/c1-11(17-16(20)13-5-3-2-4-6-13)15(19)12-7-9-14(10-8-12)18(21)22/h2-10H,1H2,(H,17,20). The topological polar surface area (TPSA) is 89.3 Å². The number of Topliss-reactive ketones (excluding diaryl/α,β-unsaturated/α-hetero) is 1. The first-order valence-electron chi connectivity index (χ1n) is 6.33. The van der Waals surface area contributed by atoms with Gasteiger partial charge in [-0.05, 0) is 24.3 Å². The predicted octanol–water partition coefficient (Wildman–Crippen LogP) is 2.72. The van der Waals surface area contributed by atoms with Gasteiger partial charge in [0.25, 0.3) is 11.6 Å². The van der Waals surface area contributed by atoms with Crippen molar-refractivity contribution in [3.63, 3.8) is 0 Å². The lowest BCUT2D eigenvalue weighted by atomic mass is 10.1. The number of hydrogen-bond donors (Lipinski definition) is 1. The molecule has 0 atom stereocenters. The summed E-state index contributed by atoms with van der Waals surface area (Å²) in [6, 6.07) is 13.5. The second-order valence-corrected chi connectivity index (χ2v) is 4.43. The number of nitro benzene ring substituents is 1. The van der Waals surface area contributed by atoms with E-state index < -0.39 is 16.6 Å². The van der Waals surface area contributed by atoms with Crippen molar-refractivity contribution in [1.29, 1.82) is 0 Å². The summed E-state index contributed by atoms with van der Waals surface area (Å²) in [4.78, 5) is 34.0. The molecule has 0 aliphatic rings. The van der Waals surface area contributed by atoms with Crippen LogP contribution in [-0.4, -0.2) is 16.6 Å². The third kappa shape index (κ3) is 3.43. The summed E-state index contributed by atoms with van der Waals surface area (Å²) in [6.45, 7) is 3.54. The van der Waals surface area contributed by atoms with Crippen LogP contribution in [0, 0.1) is 10.1 Å². The lowest BCUT2D eigenvalue weighted by Gasteiger charge is -2.07. The monoisotopic (exact) mass is 296 g/mol. The van der Waals surface area contributed by atoms with Crippen LogP contribution in [-0.2, 0) is 0 Å². The molecule has 2 aromatic carbocycles. The van der Waals surface area contributed by atoms with Crippen LogP contribution in [0.2, 0.25) is 0 Å². The summed E-state index contributed by atoms with van der Waals surface area (Å²) in [7, 11) is 0. The lowest BCUT2D eigenvalue weighted by molar-refractivity contribution is -0.384. The molecular weight excluding hydrogens is 284 g/mol. The number of ketones is 1. The third-order valence-corrected chi connectivity index (χ3v) is 2.91. The zero-order valence-electron chi connectivity index (χ0n) is 11.5. The number of allylic oxidation sites excluding steroid dienone is 1. The van der Waals surface area contributed by atoms with Gasteiger partial charge in [-0.15, -0.1) is 0 Å². The largest absolute Gasteiger partial charge is 0.319 e. The van der Waals surface area contributed by atoms with Gasteiger partial charge in [0.05, 0.1) is 10.6 Å². The zero-order valence-corrected chi connectivity index (χ0v) is 11.5. The Hall–Kier alpha value is -3.28. The number of nitrogens with zero attached hydrogens (tertiary/aromatic N) is 1. The quantitative estimate of drug-likeness (QED) is 0.397. The molecule has 1 amide bonds. The molecule has 0 spiro atoms. The van der Waals surface area contributed by atoms with E-state index in [4.69, 9.17) is 0 Å². The highest BCUT2D eigenvalue weighted by Gasteiger charge is 2.15. The molecule has 6 heteroatoms. The van der Waals surface area contributed by atoms with Gasteiger partial charge in [0.1, 0.15) is 0 Å². The van der Waals surface area contributed by atoms with Crippen LogP contribution in [0.4, 0.5) is 5.69 Å². The molecule has 0 unspecified atom stereocenters. The Morgan fingerprint density at radius 2 is 1.55 bits per heavy atom. The fourth-order valence-corrected chi connectivity index (χ4v) is 1.76. The second-order valence-electron chi connectivity index (χ2n) is 4.43. The number of nitrogens with one attached hydrogen (secondary N) is 1. The van der Waals surface area contributed by atoms with E-state index in [9.17, 15) is 19.7 Å². The molecular formula is C16H12N2O4. The van der Waals surface area contributed by atoms with Crippen LogP contribution in [0.1, 0.15) is 20.7 Å². The van der Waals surface area contributed by atoms with E-state index in [0.717, 1.165) is 0 Å². The van der Waals surface area contributed by atoms with Gasteiger partial charge < -0.3 is 5.32 Å². The number of hydrogen-bond acceptors (Lipinski definition) is 4. The molecule has 0 bridgehead atoms. The Morgan fingerprint density at radius 3 is 2.09 bits per heavy atom. The van der Waals surface area contributed by atoms with Crippen LogP contribution in [0.3, 0.4) is 0 Å². The highest BCUT2D eigenvalue weighted by Crippen LogP contribution is 2.14. The summed E-state index contributed by atoms with van der Waals surface area (Å²) in [5, 5.41) is 13.0. The fraction of sp³-hybridized carbons (Fsp3) is 0. The molecule has 0 aliphatic heterocycles. The van der Waals surface area contributed by atoms with E-state index in [1.54, 1.807) is 30.3 Å². The molecule has 0 heterocycles. The van der Waals surface area contributed by atoms with E-state index >= 15 is 0 Å². The summed E-state index contributed by atoms with van der Waals surface area (Å²) in [6.07, 6.45) is 0. The van der Waals surface area contributed by atoms with E-state index in [2.05, 4.69) is 11.9 Å². The molecule has 0 radical (unpaired) electrons. The molecule has 0 aromatic heterocycles. The van der Waals surface area contributed by atoms with Crippen LogP contribution < -0.4 is 5.32 Å².